The molecule has 2 aromatic heterocycles. The van der Waals surface area contributed by atoms with E-state index in [1.165, 1.54) is 24.7 Å². The Morgan fingerprint density at radius 2 is 2.41 bits per heavy atom. The minimum Gasteiger partial charge on any atom is -0.390 e. The molecule has 1 fully saturated rings. The van der Waals surface area contributed by atoms with E-state index in [2.05, 4.69) is 26.1 Å². The third-order valence-corrected chi connectivity index (χ3v) is 3.14. The highest BCUT2D eigenvalue weighted by Crippen LogP contribution is 2.44. The van der Waals surface area contributed by atoms with Gasteiger partial charge in [-0.15, -0.1) is 11.3 Å². The molecule has 2 N–H and O–H groups in total. The highest BCUT2D eigenvalue weighted by atomic mass is 32.1. The number of anilines is 1. The van der Waals surface area contributed by atoms with E-state index in [4.69, 9.17) is 11.0 Å². The summed E-state index contributed by atoms with van der Waals surface area (Å²) in [7, 11) is 0. The topological polar surface area (TPSA) is 88.7 Å². The molecule has 6 heteroatoms. The zero-order valence-corrected chi connectivity index (χ0v) is 9.98. The Balaban J connectivity index is 0.000000128. The molecule has 0 atom stereocenters. The fraction of sp³-hybridized carbons (Fsp3) is 0.364. The van der Waals surface area contributed by atoms with E-state index >= 15 is 0 Å². The molecule has 0 saturated heterocycles. The standard InChI is InChI=1S/C7H9NS.C4H3N3O/c8-7-6(3-4-9-7)5-1-2-5;5-2-1-4-6-3-7-8-4/h3-5H,1-2,8H2;3H,1H2. The predicted octanol–water partition coefficient (Wildman–Crippen LogP) is 2.34. The average Bonchev–Trinajstić information content (AvgIpc) is 2.86. The fourth-order valence-electron chi connectivity index (χ4n) is 1.40. The zero-order valence-electron chi connectivity index (χ0n) is 9.17. The number of nitrogen functional groups attached to an aromatic ring is 1. The van der Waals surface area contributed by atoms with E-state index in [0.717, 1.165) is 10.9 Å². The van der Waals surface area contributed by atoms with Crippen LogP contribution in [0.15, 0.2) is 22.3 Å². The number of aromatic nitrogens is 2. The highest BCUT2D eigenvalue weighted by Gasteiger charge is 2.25. The summed E-state index contributed by atoms with van der Waals surface area (Å²) in [6.45, 7) is 0. The van der Waals surface area contributed by atoms with Crippen LogP contribution < -0.4 is 5.73 Å². The molecule has 0 spiro atoms. The molecule has 2 heterocycles. The smallest absolute Gasteiger partial charge is 0.240 e. The number of hydrogen-bond acceptors (Lipinski definition) is 6. The van der Waals surface area contributed by atoms with Crippen molar-refractivity contribution in [2.75, 3.05) is 5.73 Å². The van der Waals surface area contributed by atoms with Gasteiger partial charge < -0.3 is 10.3 Å². The van der Waals surface area contributed by atoms with E-state index in [0.29, 0.717) is 5.89 Å². The van der Waals surface area contributed by atoms with Crippen molar-refractivity contribution in [2.45, 2.75) is 25.2 Å². The Morgan fingerprint density at radius 3 is 2.88 bits per heavy atom. The van der Waals surface area contributed by atoms with Gasteiger partial charge in [-0.3, -0.25) is 0 Å². The number of hydrogen-bond donors (Lipinski definition) is 1. The summed E-state index contributed by atoms with van der Waals surface area (Å²) in [5.74, 6) is 1.18. The van der Waals surface area contributed by atoms with Gasteiger partial charge in [-0.25, -0.2) is 0 Å². The Labute approximate surface area is 103 Å². The van der Waals surface area contributed by atoms with Crippen LogP contribution in [0.25, 0.3) is 0 Å². The van der Waals surface area contributed by atoms with Crippen LogP contribution in [0.2, 0.25) is 0 Å². The molecule has 1 saturated carbocycles. The molecule has 17 heavy (non-hydrogen) atoms. The Kier molecular flexibility index (Phi) is 3.73. The van der Waals surface area contributed by atoms with Crippen molar-refractivity contribution in [1.29, 1.82) is 5.26 Å². The Bertz CT molecular complexity index is 496. The predicted molar refractivity (Wildman–Crippen MR) is 64.3 cm³/mol. The first-order valence-corrected chi connectivity index (χ1v) is 6.14. The highest BCUT2D eigenvalue weighted by molar-refractivity contribution is 7.14. The Morgan fingerprint density at radius 1 is 1.59 bits per heavy atom. The molecular formula is C11H12N4OS. The van der Waals surface area contributed by atoms with Crippen LogP contribution in [0.5, 0.6) is 0 Å². The lowest BCUT2D eigenvalue weighted by Crippen LogP contribution is -1.83. The number of rotatable bonds is 2. The maximum atomic E-state index is 8.06. The SMILES string of the molecule is N#CCc1ncno1.Nc1sccc1C1CC1. The first-order chi connectivity index (χ1) is 8.31. The van der Waals surface area contributed by atoms with Gasteiger partial charge in [0.2, 0.25) is 5.89 Å². The lowest BCUT2D eigenvalue weighted by molar-refractivity contribution is 0.386. The van der Waals surface area contributed by atoms with Crippen molar-refractivity contribution in [1.82, 2.24) is 10.1 Å². The second-order valence-electron chi connectivity index (χ2n) is 3.68. The van der Waals surface area contributed by atoms with Gasteiger partial charge in [-0.1, -0.05) is 5.16 Å². The molecule has 2 aromatic rings. The lowest BCUT2D eigenvalue weighted by Gasteiger charge is -1.90. The normalized spacial score (nSPS) is 13.6. The van der Waals surface area contributed by atoms with Gasteiger partial charge in [0.05, 0.1) is 11.1 Å². The molecule has 1 aliphatic carbocycles. The maximum Gasteiger partial charge on any atom is 0.240 e. The van der Waals surface area contributed by atoms with Gasteiger partial charge in [-0.05, 0) is 35.8 Å². The summed E-state index contributed by atoms with van der Waals surface area (Å²) >= 11 is 1.65. The van der Waals surface area contributed by atoms with E-state index < -0.39 is 0 Å². The summed E-state index contributed by atoms with van der Waals surface area (Å²) in [5.41, 5.74) is 7.09. The number of nitriles is 1. The largest absolute Gasteiger partial charge is 0.390 e. The van der Waals surface area contributed by atoms with Gasteiger partial charge in [0.1, 0.15) is 6.42 Å². The molecule has 0 aliphatic heterocycles. The number of nitrogens with zero attached hydrogens (tertiary/aromatic N) is 3. The average molecular weight is 248 g/mol. The van der Waals surface area contributed by atoms with Crippen LogP contribution in [0.1, 0.15) is 30.2 Å². The minimum absolute atomic E-state index is 0.194. The summed E-state index contributed by atoms with van der Waals surface area (Å²) in [5, 5.41) is 14.5. The molecule has 1 aliphatic rings. The second kappa shape index (κ2) is 5.46. The lowest BCUT2D eigenvalue weighted by atomic mass is 10.2. The van der Waals surface area contributed by atoms with Crippen molar-refractivity contribution in [3.05, 3.63) is 29.2 Å². The van der Waals surface area contributed by atoms with E-state index in [1.54, 1.807) is 11.3 Å². The van der Waals surface area contributed by atoms with Crippen molar-refractivity contribution in [3.63, 3.8) is 0 Å². The Hall–Kier alpha value is -1.87. The summed E-state index contributed by atoms with van der Waals surface area (Å²) in [4.78, 5) is 3.61. The molecule has 0 unspecified atom stereocenters. The first-order valence-electron chi connectivity index (χ1n) is 5.26. The van der Waals surface area contributed by atoms with E-state index in [9.17, 15) is 0 Å². The van der Waals surface area contributed by atoms with Crippen molar-refractivity contribution < 1.29 is 4.52 Å². The van der Waals surface area contributed by atoms with Crippen LogP contribution in [-0.2, 0) is 6.42 Å². The molecule has 0 amide bonds. The van der Waals surface area contributed by atoms with Gasteiger partial charge in [0.15, 0.2) is 6.33 Å². The molecule has 0 radical (unpaired) electrons. The van der Waals surface area contributed by atoms with Crippen LogP contribution >= 0.6 is 11.3 Å². The van der Waals surface area contributed by atoms with Crippen molar-refractivity contribution in [3.8, 4) is 6.07 Å². The fourth-order valence-corrected chi connectivity index (χ4v) is 2.14. The van der Waals surface area contributed by atoms with Crippen LogP contribution in [0.3, 0.4) is 0 Å². The quantitative estimate of drug-likeness (QED) is 0.881. The van der Waals surface area contributed by atoms with Crippen molar-refractivity contribution in [2.24, 2.45) is 0 Å². The summed E-state index contributed by atoms with van der Waals surface area (Å²) < 4.78 is 4.49. The first kappa shape index (κ1) is 11.6. The van der Waals surface area contributed by atoms with Crippen LogP contribution in [0.4, 0.5) is 5.00 Å². The van der Waals surface area contributed by atoms with E-state index in [1.807, 2.05) is 6.07 Å². The molecular weight excluding hydrogens is 236 g/mol. The minimum atomic E-state index is 0.194. The maximum absolute atomic E-state index is 8.06. The van der Waals surface area contributed by atoms with Gasteiger partial charge in [0.25, 0.3) is 0 Å². The molecule has 0 aromatic carbocycles. The van der Waals surface area contributed by atoms with Crippen LogP contribution in [0, 0.1) is 11.3 Å². The number of nitrogens with two attached hydrogens (primary N) is 1. The van der Waals surface area contributed by atoms with Gasteiger partial charge in [-0.2, -0.15) is 10.2 Å². The second-order valence-corrected chi connectivity index (χ2v) is 4.63. The zero-order chi connectivity index (χ0) is 12.1. The molecule has 88 valence electrons. The third kappa shape index (κ3) is 3.29. The summed E-state index contributed by atoms with van der Waals surface area (Å²) in [6.07, 6.45) is 4.16. The van der Waals surface area contributed by atoms with Crippen molar-refractivity contribution >= 4 is 16.3 Å². The third-order valence-electron chi connectivity index (χ3n) is 2.38. The molecule has 0 bridgehead atoms. The monoisotopic (exact) mass is 248 g/mol. The van der Waals surface area contributed by atoms with Gasteiger partial charge in [0, 0.05) is 0 Å². The molecule has 3 rings (SSSR count). The summed E-state index contributed by atoms with van der Waals surface area (Å²) in [6, 6.07) is 4.02. The van der Waals surface area contributed by atoms with E-state index in [-0.39, 0.29) is 6.42 Å². The van der Waals surface area contributed by atoms with Gasteiger partial charge >= 0.3 is 0 Å². The molecule has 5 nitrogen and oxygen atoms in total. The number of thiophene rings is 1. The van der Waals surface area contributed by atoms with Crippen LogP contribution in [-0.4, -0.2) is 10.1 Å².